The zero-order valence-electron chi connectivity index (χ0n) is 21.3. The van der Waals surface area contributed by atoms with Crippen LogP contribution in [0.15, 0.2) is 24.4 Å². The lowest BCUT2D eigenvalue weighted by atomic mass is 9.93. The van der Waals surface area contributed by atoms with Gasteiger partial charge < -0.3 is 9.64 Å². The first-order valence-corrected chi connectivity index (χ1v) is 12.2. The highest BCUT2D eigenvalue weighted by Gasteiger charge is 2.26. The molecule has 0 saturated heterocycles. The molecule has 1 amide bonds. The van der Waals surface area contributed by atoms with E-state index in [1.165, 1.54) is 5.56 Å². The number of aromatic nitrogens is 6. The summed E-state index contributed by atoms with van der Waals surface area (Å²) in [5, 5.41) is 18.3. The minimum Gasteiger partial charge on any atom is -0.472 e. The molecular formula is C26H33N7O2. The van der Waals surface area contributed by atoms with Crippen LogP contribution in [0.25, 0.3) is 22.0 Å². The van der Waals surface area contributed by atoms with E-state index < -0.39 is 0 Å². The molecule has 184 valence electrons. The summed E-state index contributed by atoms with van der Waals surface area (Å²) < 4.78 is 10.1. The number of rotatable bonds is 1. The van der Waals surface area contributed by atoms with E-state index in [9.17, 15) is 4.79 Å². The van der Waals surface area contributed by atoms with Crippen LogP contribution in [-0.2, 0) is 31.9 Å². The number of amides is 1. The molecule has 4 heterocycles. The largest absolute Gasteiger partial charge is 0.472 e. The van der Waals surface area contributed by atoms with E-state index in [2.05, 4.69) is 42.2 Å². The van der Waals surface area contributed by atoms with Crippen molar-refractivity contribution in [3.63, 3.8) is 0 Å². The van der Waals surface area contributed by atoms with Crippen molar-refractivity contribution in [2.24, 2.45) is 14.1 Å². The van der Waals surface area contributed by atoms with Gasteiger partial charge in [-0.3, -0.25) is 14.6 Å². The van der Waals surface area contributed by atoms with Crippen molar-refractivity contribution in [1.29, 1.82) is 0 Å². The lowest BCUT2D eigenvalue weighted by molar-refractivity contribution is -0.132. The van der Waals surface area contributed by atoms with Crippen LogP contribution < -0.4 is 4.74 Å². The standard InChI is InChI=1S/C26H33N7O2/c1-7-24(34)33-13-16(3)35-26-21(12-27-32(26)6)18-8-9-22-20(11-18)25(29-28-22)15(2)10-19-17(4)31(5)30-23(19)14-33/h8-9,11-12,15-16H,7,10,13-14H2,1-6H3,(H,28,29)/t15?,16-/m0/s1. The van der Waals surface area contributed by atoms with Gasteiger partial charge in [0.2, 0.25) is 11.8 Å². The quantitative estimate of drug-likeness (QED) is 0.451. The molecule has 2 bridgehead atoms. The fraction of sp³-hybridized carbons (Fsp3) is 0.462. The first kappa shape index (κ1) is 23.1. The number of fused-ring (bicyclic) bond motifs is 4. The number of hydrogen-bond donors (Lipinski definition) is 1. The summed E-state index contributed by atoms with van der Waals surface area (Å²) in [6.07, 6.45) is 2.82. The molecule has 0 aliphatic carbocycles. The summed E-state index contributed by atoms with van der Waals surface area (Å²) in [6, 6.07) is 6.30. The van der Waals surface area contributed by atoms with Crippen molar-refractivity contribution in [2.75, 3.05) is 6.54 Å². The van der Waals surface area contributed by atoms with Gasteiger partial charge in [0.25, 0.3) is 0 Å². The molecule has 2 atom stereocenters. The topological polar surface area (TPSA) is 93.9 Å². The maximum Gasteiger partial charge on any atom is 0.222 e. The molecule has 35 heavy (non-hydrogen) atoms. The molecule has 1 aliphatic heterocycles. The summed E-state index contributed by atoms with van der Waals surface area (Å²) in [6.45, 7) is 9.09. The Kier molecular flexibility index (Phi) is 5.86. The van der Waals surface area contributed by atoms with Crippen molar-refractivity contribution < 1.29 is 9.53 Å². The number of carbonyl (C=O) groups excluding carboxylic acids is 1. The predicted molar refractivity (Wildman–Crippen MR) is 134 cm³/mol. The van der Waals surface area contributed by atoms with Crippen LogP contribution in [0, 0.1) is 6.92 Å². The average Bonchev–Trinajstić information content (AvgIpc) is 3.49. The lowest BCUT2D eigenvalue weighted by Crippen LogP contribution is -2.38. The van der Waals surface area contributed by atoms with Crippen molar-refractivity contribution in [1.82, 2.24) is 34.7 Å². The Labute approximate surface area is 205 Å². The third-order valence-corrected chi connectivity index (χ3v) is 7.09. The van der Waals surface area contributed by atoms with E-state index in [1.54, 1.807) is 4.68 Å². The number of aryl methyl sites for hydroxylation is 2. The lowest BCUT2D eigenvalue weighted by Gasteiger charge is -2.26. The van der Waals surface area contributed by atoms with Gasteiger partial charge in [0.15, 0.2) is 0 Å². The maximum absolute atomic E-state index is 13.0. The Morgan fingerprint density at radius 3 is 2.80 bits per heavy atom. The normalized spacial score (nSPS) is 18.6. The van der Waals surface area contributed by atoms with E-state index in [-0.39, 0.29) is 17.9 Å². The molecule has 4 aromatic rings. The van der Waals surface area contributed by atoms with Gasteiger partial charge in [0, 0.05) is 37.5 Å². The Balaban J connectivity index is 1.67. The minimum atomic E-state index is -0.231. The summed E-state index contributed by atoms with van der Waals surface area (Å²) in [5.41, 5.74) is 7.19. The zero-order chi connectivity index (χ0) is 24.9. The van der Waals surface area contributed by atoms with Crippen molar-refractivity contribution >= 4 is 16.8 Å². The van der Waals surface area contributed by atoms with Gasteiger partial charge in [-0.25, -0.2) is 4.68 Å². The fourth-order valence-corrected chi connectivity index (χ4v) is 5.05. The molecule has 1 aliphatic rings. The number of aromatic amines is 1. The Hall–Kier alpha value is -3.62. The van der Waals surface area contributed by atoms with E-state index in [4.69, 9.17) is 14.9 Å². The molecule has 9 heteroatoms. The predicted octanol–water partition coefficient (Wildman–Crippen LogP) is 3.87. The van der Waals surface area contributed by atoms with Gasteiger partial charge in [-0.1, -0.05) is 19.9 Å². The third kappa shape index (κ3) is 4.09. The highest BCUT2D eigenvalue weighted by atomic mass is 16.5. The molecule has 0 saturated carbocycles. The van der Waals surface area contributed by atoms with E-state index in [0.717, 1.165) is 45.5 Å². The summed E-state index contributed by atoms with van der Waals surface area (Å²) in [5.74, 6) is 0.922. The minimum absolute atomic E-state index is 0.0814. The molecular weight excluding hydrogens is 442 g/mol. The van der Waals surface area contributed by atoms with Gasteiger partial charge in [0.05, 0.1) is 41.8 Å². The van der Waals surface area contributed by atoms with Crippen LogP contribution in [0.2, 0.25) is 0 Å². The number of ether oxygens (including phenoxy) is 1. The van der Waals surface area contributed by atoms with Gasteiger partial charge in [0.1, 0.15) is 6.10 Å². The van der Waals surface area contributed by atoms with Gasteiger partial charge in [-0.15, -0.1) is 0 Å². The zero-order valence-corrected chi connectivity index (χ0v) is 21.3. The van der Waals surface area contributed by atoms with Crippen LogP contribution in [0.5, 0.6) is 5.88 Å². The first-order chi connectivity index (χ1) is 16.8. The second-order valence-electron chi connectivity index (χ2n) is 9.65. The number of benzene rings is 1. The van der Waals surface area contributed by atoms with Crippen molar-refractivity contribution in [3.8, 4) is 17.0 Å². The summed E-state index contributed by atoms with van der Waals surface area (Å²) >= 11 is 0. The van der Waals surface area contributed by atoms with Gasteiger partial charge in [-0.2, -0.15) is 15.3 Å². The maximum atomic E-state index is 13.0. The molecule has 0 spiro atoms. The SMILES string of the molecule is CCC(=O)N1Cc2nn(C)c(C)c2CC(C)c2n[nH]c3ccc(cc23)-c2cnn(C)c2O[C@@H](C)C1. The molecule has 1 unspecified atom stereocenters. The van der Waals surface area contributed by atoms with Crippen LogP contribution in [0.3, 0.4) is 0 Å². The molecule has 9 nitrogen and oxygen atoms in total. The van der Waals surface area contributed by atoms with Crippen LogP contribution in [-0.4, -0.2) is 53.2 Å². The Morgan fingerprint density at radius 2 is 2.03 bits per heavy atom. The number of hydrogen-bond acceptors (Lipinski definition) is 5. The smallest absolute Gasteiger partial charge is 0.222 e. The van der Waals surface area contributed by atoms with Crippen molar-refractivity contribution in [3.05, 3.63) is 47.0 Å². The van der Waals surface area contributed by atoms with Crippen molar-refractivity contribution in [2.45, 2.75) is 59.1 Å². The number of carbonyl (C=O) groups is 1. The first-order valence-electron chi connectivity index (χ1n) is 12.2. The van der Waals surface area contributed by atoms with Crippen LogP contribution in [0.4, 0.5) is 0 Å². The second-order valence-corrected chi connectivity index (χ2v) is 9.65. The Bertz CT molecular complexity index is 1400. The van der Waals surface area contributed by atoms with Gasteiger partial charge >= 0.3 is 0 Å². The van der Waals surface area contributed by atoms with E-state index in [0.29, 0.717) is 25.4 Å². The fourth-order valence-electron chi connectivity index (χ4n) is 5.05. The highest BCUT2D eigenvalue weighted by molar-refractivity contribution is 5.87. The molecule has 1 aromatic carbocycles. The highest BCUT2D eigenvalue weighted by Crippen LogP contribution is 2.35. The summed E-state index contributed by atoms with van der Waals surface area (Å²) in [4.78, 5) is 14.8. The molecule has 5 rings (SSSR count). The summed E-state index contributed by atoms with van der Waals surface area (Å²) in [7, 11) is 3.84. The number of nitrogens with one attached hydrogen (secondary N) is 1. The molecule has 0 fully saturated rings. The Morgan fingerprint density at radius 1 is 1.23 bits per heavy atom. The van der Waals surface area contributed by atoms with Crippen LogP contribution >= 0.6 is 0 Å². The third-order valence-electron chi connectivity index (χ3n) is 7.09. The average molecular weight is 476 g/mol. The molecule has 0 radical (unpaired) electrons. The monoisotopic (exact) mass is 475 g/mol. The molecule has 3 aromatic heterocycles. The van der Waals surface area contributed by atoms with E-state index in [1.807, 2.05) is 43.7 Å². The van der Waals surface area contributed by atoms with Gasteiger partial charge in [-0.05, 0) is 43.5 Å². The number of H-pyrrole nitrogens is 1. The number of nitrogens with zero attached hydrogens (tertiary/aromatic N) is 6. The van der Waals surface area contributed by atoms with Crippen LogP contribution in [0.1, 0.15) is 55.8 Å². The molecule has 1 N–H and O–H groups in total. The second kappa shape index (κ2) is 8.87. The van der Waals surface area contributed by atoms with E-state index >= 15 is 0 Å².